The minimum atomic E-state index is -0.249. The molecule has 2 heterocycles. The number of fused-ring (bicyclic) bond motifs is 2. The third-order valence-electron chi connectivity index (χ3n) is 5.53. The average Bonchev–Trinajstić information content (AvgIpc) is 3.07. The van der Waals surface area contributed by atoms with Gasteiger partial charge in [0.05, 0.1) is 5.69 Å². The lowest BCUT2D eigenvalue weighted by Gasteiger charge is -2.47. The molecule has 0 aliphatic carbocycles. The number of nitrogens with zero attached hydrogens (tertiary/aromatic N) is 2. The van der Waals surface area contributed by atoms with Crippen LogP contribution in [-0.4, -0.2) is 25.1 Å². The molecule has 2 aliphatic heterocycles. The van der Waals surface area contributed by atoms with Crippen molar-refractivity contribution in [2.24, 2.45) is 4.99 Å². The van der Waals surface area contributed by atoms with Crippen molar-refractivity contribution < 1.29 is 13.9 Å². The Labute approximate surface area is 159 Å². The Morgan fingerprint density at radius 2 is 2.00 bits per heavy atom. The van der Waals surface area contributed by atoms with Gasteiger partial charge in [-0.25, -0.2) is 4.39 Å². The van der Waals surface area contributed by atoms with Crippen LogP contribution in [0.3, 0.4) is 0 Å². The van der Waals surface area contributed by atoms with Crippen LogP contribution in [0.1, 0.15) is 51.2 Å². The number of ether oxygens (including phenoxy) is 2. The molecule has 2 aromatic rings. The minimum absolute atomic E-state index is 0.0235. The van der Waals surface area contributed by atoms with Crippen molar-refractivity contribution in [3.63, 3.8) is 0 Å². The van der Waals surface area contributed by atoms with Crippen LogP contribution in [-0.2, 0) is 0 Å². The lowest BCUT2D eigenvalue weighted by atomic mass is 9.79. The highest BCUT2D eigenvalue weighted by molar-refractivity contribution is 5.84. The van der Waals surface area contributed by atoms with Crippen LogP contribution in [0.5, 0.6) is 11.5 Å². The Bertz CT molecular complexity index is 907. The second-order valence-electron chi connectivity index (χ2n) is 7.89. The first-order valence-corrected chi connectivity index (χ1v) is 9.44. The van der Waals surface area contributed by atoms with Gasteiger partial charge in [-0.2, -0.15) is 0 Å². The summed E-state index contributed by atoms with van der Waals surface area (Å²) in [6.07, 6.45) is 2.63. The highest BCUT2D eigenvalue weighted by atomic mass is 19.1. The van der Waals surface area contributed by atoms with E-state index in [1.54, 1.807) is 18.3 Å². The summed E-state index contributed by atoms with van der Waals surface area (Å²) in [6.45, 7) is 9.87. The third-order valence-corrected chi connectivity index (χ3v) is 5.53. The summed E-state index contributed by atoms with van der Waals surface area (Å²) >= 11 is 0. The second-order valence-corrected chi connectivity index (χ2v) is 7.89. The minimum Gasteiger partial charge on any atom is -0.454 e. The lowest BCUT2D eigenvalue weighted by Crippen LogP contribution is -2.48. The first-order chi connectivity index (χ1) is 12.9. The van der Waals surface area contributed by atoms with Crippen molar-refractivity contribution in [1.29, 1.82) is 0 Å². The van der Waals surface area contributed by atoms with Gasteiger partial charge in [0, 0.05) is 35.6 Å². The normalized spacial score (nSPS) is 20.2. The molecule has 0 N–H and O–H groups in total. The SMILES string of the molecule is CCN1c2cc(F)c(C=Nc3ccc4c(c3)OCO4)cc2C(C)CC1(C)C. The van der Waals surface area contributed by atoms with E-state index < -0.39 is 0 Å². The van der Waals surface area contributed by atoms with Crippen LogP contribution in [0, 0.1) is 5.82 Å². The van der Waals surface area contributed by atoms with E-state index in [4.69, 9.17) is 9.47 Å². The Kier molecular flexibility index (Phi) is 4.33. The molecular formula is C22H25FN2O2. The molecule has 142 valence electrons. The molecule has 1 unspecified atom stereocenters. The summed E-state index contributed by atoms with van der Waals surface area (Å²) in [5.41, 5.74) is 3.42. The van der Waals surface area contributed by atoms with Gasteiger partial charge in [-0.15, -0.1) is 0 Å². The molecular weight excluding hydrogens is 343 g/mol. The molecule has 2 aromatic carbocycles. The quantitative estimate of drug-likeness (QED) is 0.679. The third kappa shape index (κ3) is 3.15. The molecule has 0 bridgehead atoms. The Morgan fingerprint density at radius 1 is 1.22 bits per heavy atom. The molecule has 5 heteroatoms. The molecule has 27 heavy (non-hydrogen) atoms. The van der Waals surface area contributed by atoms with Gasteiger partial charge in [-0.05, 0) is 62.9 Å². The van der Waals surface area contributed by atoms with Crippen molar-refractivity contribution in [2.75, 3.05) is 18.2 Å². The molecule has 0 saturated heterocycles. The van der Waals surface area contributed by atoms with E-state index in [2.05, 4.69) is 37.6 Å². The fourth-order valence-electron chi connectivity index (χ4n) is 4.33. The fraction of sp³-hybridized carbons (Fsp3) is 0.409. The number of rotatable bonds is 3. The van der Waals surface area contributed by atoms with Gasteiger partial charge in [0.25, 0.3) is 0 Å². The largest absolute Gasteiger partial charge is 0.454 e. The number of hydrogen-bond donors (Lipinski definition) is 0. The molecule has 0 spiro atoms. The van der Waals surface area contributed by atoms with E-state index in [0.717, 1.165) is 18.7 Å². The number of hydrogen-bond acceptors (Lipinski definition) is 4. The van der Waals surface area contributed by atoms with E-state index in [9.17, 15) is 4.39 Å². The predicted molar refractivity (Wildman–Crippen MR) is 106 cm³/mol. The van der Waals surface area contributed by atoms with E-state index in [-0.39, 0.29) is 18.1 Å². The van der Waals surface area contributed by atoms with Gasteiger partial charge in [-0.3, -0.25) is 4.99 Å². The molecule has 0 amide bonds. The zero-order valence-electron chi connectivity index (χ0n) is 16.3. The van der Waals surface area contributed by atoms with E-state index in [0.29, 0.717) is 28.7 Å². The maximum absolute atomic E-state index is 14.8. The first-order valence-electron chi connectivity index (χ1n) is 9.44. The Morgan fingerprint density at radius 3 is 2.78 bits per heavy atom. The molecule has 4 rings (SSSR count). The molecule has 0 saturated carbocycles. The zero-order chi connectivity index (χ0) is 19.2. The molecule has 4 nitrogen and oxygen atoms in total. The standard InChI is InChI=1S/C22H25FN2O2/c1-5-25-19-10-18(23)15(8-17(19)14(2)11-22(25,3)4)12-24-16-6-7-20-21(9-16)27-13-26-20/h6-10,12,14H,5,11,13H2,1-4H3. The highest BCUT2D eigenvalue weighted by Gasteiger charge is 2.36. The van der Waals surface area contributed by atoms with Crippen LogP contribution in [0.2, 0.25) is 0 Å². The van der Waals surface area contributed by atoms with Crippen LogP contribution in [0.15, 0.2) is 35.3 Å². The van der Waals surface area contributed by atoms with Gasteiger partial charge in [0.2, 0.25) is 6.79 Å². The van der Waals surface area contributed by atoms with E-state index in [1.165, 1.54) is 5.56 Å². The van der Waals surface area contributed by atoms with Crippen LogP contribution >= 0.6 is 0 Å². The van der Waals surface area contributed by atoms with Crippen molar-refractivity contribution in [3.8, 4) is 11.5 Å². The molecule has 0 radical (unpaired) electrons. The van der Waals surface area contributed by atoms with Crippen molar-refractivity contribution in [2.45, 2.75) is 45.6 Å². The topological polar surface area (TPSA) is 34.1 Å². The molecule has 2 aliphatic rings. The van der Waals surface area contributed by atoms with Gasteiger partial charge < -0.3 is 14.4 Å². The summed E-state index contributed by atoms with van der Waals surface area (Å²) in [6, 6.07) is 9.08. The second kappa shape index (κ2) is 6.55. The van der Waals surface area contributed by atoms with Gasteiger partial charge in [0.1, 0.15) is 5.82 Å². The monoisotopic (exact) mass is 368 g/mol. The molecule has 1 atom stereocenters. The average molecular weight is 368 g/mol. The summed E-state index contributed by atoms with van der Waals surface area (Å²) < 4.78 is 25.5. The first kappa shape index (κ1) is 17.8. The van der Waals surface area contributed by atoms with Crippen molar-refractivity contribution in [1.82, 2.24) is 0 Å². The lowest BCUT2D eigenvalue weighted by molar-refractivity contribution is 0.174. The molecule has 0 fully saturated rings. The molecule has 0 aromatic heterocycles. The number of aliphatic imine (C=N–C) groups is 1. The van der Waals surface area contributed by atoms with Crippen LogP contribution < -0.4 is 14.4 Å². The maximum Gasteiger partial charge on any atom is 0.231 e. The van der Waals surface area contributed by atoms with E-state index in [1.807, 2.05) is 18.2 Å². The van der Waals surface area contributed by atoms with E-state index >= 15 is 0 Å². The summed E-state index contributed by atoms with van der Waals surface area (Å²) in [5.74, 6) is 1.51. The zero-order valence-corrected chi connectivity index (χ0v) is 16.3. The predicted octanol–water partition coefficient (Wildman–Crippen LogP) is 5.42. The van der Waals surface area contributed by atoms with Gasteiger partial charge in [-0.1, -0.05) is 6.92 Å². The highest BCUT2D eigenvalue weighted by Crippen LogP contribution is 2.44. The summed E-state index contributed by atoms with van der Waals surface area (Å²) in [5, 5.41) is 0. The fourth-order valence-corrected chi connectivity index (χ4v) is 4.33. The maximum atomic E-state index is 14.8. The van der Waals surface area contributed by atoms with Crippen molar-refractivity contribution in [3.05, 3.63) is 47.3 Å². The smallest absolute Gasteiger partial charge is 0.231 e. The Hall–Kier alpha value is -2.56. The Balaban J connectivity index is 1.68. The number of anilines is 1. The number of halogens is 1. The van der Waals surface area contributed by atoms with Gasteiger partial charge in [0.15, 0.2) is 11.5 Å². The van der Waals surface area contributed by atoms with Crippen LogP contribution in [0.25, 0.3) is 0 Å². The van der Waals surface area contributed by atoms with Crippen molar-refractivity contribution >= 4 is 17.6 Å². The summed E-state index contributed by atoms with van der Waals surface area (Å²) in [4.78, 5) is 6.74. The van der Waals surface area contributed by atoms with Gasteiger partial charge >= 0.3 is 0 Å². The summed E-state index contributed by atoms with van der Waals surface area (Å²) in [7, 11) is 0. The van der Waals surface area contributed by atoms with Crippen LogP contribution in [0.4, 0.5) is 15.8 Å². The number of benzene rings is 2.